The van der Waals surface area contributed by atoms with Gasteiger partial charge in [-0.25, -0.2) is 0 Å². The Bertz CT molecular complexity index is 10.4. The molecule has 0 aromatic carbocycles. The number of rotatable bonds is 0. The van der Waals surface area contributed by atoms with Crippen LogP contribution in [0, 0.1) is 6.92 Å². The van der Waals surface area contributed by atoms with Crippen LogP contribution in [0.1, 0.15) is 29.5 Å². The van der Waals surface area contributed by atoms with E-state index in [1.807, 2.05) is 13.8 Å². The predicted molar refractivity (Wildman–Crippen MR) is 29.1 cm³/mol. The topological polar surface area (TPSA) is 0 Å². The van der Waals surface area contributed by atoms with E-state index < -0.39 is 0 Å². The van der Waals surface area contributed by atoms with Crippen LogP contribution >= 0.6 is 0 Å². The molecule has 42 valence electrons. The SMILES string of the molecule is CC.[3H]C.[CH2-]C.[Y].[Y]. The van der Waals surface area contributed by atoms with Crippen LogP contribution in [0.2, 0.25) is 0 Å². The standard InChI is InChI=1S/C2H6.C2H5.CH4.2Y/c2*1-2;;;/h1-2H3;1H2,2H3;1H4;;/q;-1;;;/i;;1T;;. The molecule has 0 heterocycles. The van der Waals surface area contributed by atoms with Gasteiger partial charge in [0, 0.05) is 66.8 Å². The van der Waals surface area contributed by atoms with Gasteiger partial charge in [0.2, 0.25) is 0 Å². The van der Waals surface area contributed by atoms with Crippen molar-refractivity contribution in [3.8, 4) is 0 Å². The fraction of sp³-hybridized carbons (Fsp3) is 0.800. The largest absolute Gasteiger partial charge is 0.346 e. The van der Waals surface area contributed by atoms with Crippen molar-refractivity contribution < 1.29 is 66.8 Å². The summed E-state index contributed by atoms with van der Waals surface area (Å²) in [5.74, 6) is 0. The Hall–Kier alpha value is 2.21. The second kappa shape index (κ2) is 87.5. The van der Waals surface area contributed by atoms with Crippen LogP contribution in [0.5, 0.6) is 0 Å². The monoisotopic (exact) mass is 255 g/mol. The second-order valence-electron chi connectivity index (χ2n) is 0. The molecule has 0 saturated carbocycles. The van der Waals surface area contributed by atoms with Gasteiger partial charge in [-0.15, -0.1) is 0 Å². The molecule has 0 fully saturated rings. The summed E-state index contributed by atoms with van der Waals surface area (Å²) >= 11 is 0. The molecule has 0 aliphatic heterocycles. The van der Waals surface area contributed by atoms with Crippen molar-refractivity contribution in [1.82, 2.24) is 0 Å². The Morgan fingerprint density at radius 1 is 1.14 bits per heavy atom. The zero-order chi connectivity index (χ0) is 6.00. The third-order valence-electron chi connectivity index (χ3n) is 0. The molecule has 2 radical (unpaired) electrons. The first-order valence-corrected chi connectivity index (χ1v) is 1.71. The van der Waals surface area contributed by atoms with Crippen LogP contribution in [-0.2, 0) is 65.4 Å². The Morgan fingerprint density at radius 2 is 1.14 bits per heavy atom. The molecule has 0 aliphatic carbocycles. The molecule has 0 amide bonds. The summed E-state index contributed by atoms with van der Waals surface area (Å²) in [5, 5.41) is 0. The zero-order valence-electron chi connectivity index (χ0n) is 6.86. The van der Waals surface area contributed by atoms with E-state index in [0.717, 1.165) is 0 Å². The van der Waals surface area contributed by atoms with Crippen LogP contribution in [0.4, 0.5) is 0 Å². The first kappa shape index (κ1) is 22.9. The van der Waals surface area contributed by atoms with Gasteiger partial charge in [0.25, 0.3) is 0 Å². The molecule has 2 heteroatoms. The van der Waals surface area contributed by atoms with Crippen LogP contribution in [0.3, 0.4) is 0 Å². The van der Waals surface area contributed by atoms with E-state index >= 15 is 0 Å². The van der Waals surface area contributed by atoms with Gasteiger partial charge in [-0.05, 0) is 0 Å². The van der Waals surface area contributed by atoms with E-state index in [2.05, 4.69) is 6.92 Å². The van der Waals surface area contributed by atoms with Gasteiger partial charge in [0.1, 0.15) is 0 Å². The minimum atomic E-state index is 0. The van der Waals surface area contributed by atoms with Gasteiger partial charge in [-0.1, -0.05) is 21.3 Å². The van der Waals surface area contributed by atoms with Crippen molar-refractivity contribution in [3.63, 3.8) is 0 Å². The molecule has 0 saturated heterocycles. The third kappa shape index (κ3) is 64.9. The van der Waals surface area contributed by atoms with Crippen molar-refractivity contribution in [2.45, 2.75) is 28.2 Å². The minimum absolute atomic E-state index is 0. The van der Waals surface area contributed by atoms with E-state index in [4.69, 9.17) is 1.37 Å². The summed E-state index contributed by atoms with van der Waals surface area (Å²) in [5.41, 5.74) is 0. The normalized spacial score (nSPS) is 2.71. The number of hydrogen-bond donors (Lipinski definition) is 0. The molecule has 0 atom stereocenters. The van der Waals surface area contributed by atoms with E-state index in [1.54, 1.807) is 6.92 Å². The average molecular weight is 255 g/mol. The van der Waals surface area contributed by atoms with Gasteiger partial charge < -0.3 is 6.92 Å². The summed E-state index contributed by atoms with van der Waals surface area (Å²) in [6.45, 7) is 9.00. The van der Waals surface area contributed by atoms with E-state index in [0.29, 0.717) is 0 Å². The number of hydrogen-bond acceptors (Lipinski definition) is 0. The quantitative estimate of drug-likeness (QED) is 0.583. The minimum Gasteiger partial charge on any atom is -0.346 e. The Balaban J connectivity index is -0.00000000500. The first-order chi connectivity index (χ1) is 3.00. The van der Waals surface area contributed by atoms with Crippen molar-refractivity contribution in [2.75, 3.05) is 0 Å². The van der Waals surface area contributed by atoms with Crippen molar-refractivity contribution >= 4 is 0 Å². The van der Waals surface area contributed by atoms with Gasteiger partial charge in [-0.3, -0.25) is 0 Å². The fourth-order valence-corrected chi connectivity index (χ4v) is 0. The summed E-state index contributed by atoms with van der Waals surface area (Å²) in [7, 11) is 1.25. The maximum absolute atomic E-state index is 5.75. The Kier molecular flexibility index (Phi) is 286. The average Bonchev–Trinajstić information content (AvgIpc) is 1.81. The van der Waals surface area contributed by atoms with Crippen LogP contribution in [0.15, 0.2) is 0 Å². The fourth-order valence-electron chi connectivity index (χ4n) is 0. The molecule has 0 spiro atoms. The summed E-state index contributed by atoms with van der Waals surface area (Å²) in [4.78, 5) is 0. The van der Waals surface area contributed by atoms with E-state index in [9.17, 15) is 0 Å². The molecule has 0 N–H and O–H groups in total. The van der Waals surface area contributed by atoms with Crippen molar-refractivity contribution in [3.05, 3.63) is 6.92 Å². The third-order valence-corrected chi connectivity index (χ3v) is 0. The van der Waals surface area contributed by atoms with Crippen LogP contribution in [0.25, 0.3) is 0 Å². The summed E-state index contributed by atoms with van der Waals surface area (Å²) in [6, 6.07) is 0. The van der Waals surface area contributed by atoms with Crippen LogP contribution in [-0.4, -0.2) is 0 Å². The molecule has 0 unspecified atom stereocenters. The molecule has 0 nitrogen and oxygen atoms in total. The maximum atomic E-state index is 5.75. The van der Waals surface area contributed by atoms with Gasteiger partial charge >= 0.3 is 0 Å². The summed E-state index contributed by atoms with van der Waals surface area (Å²) < 4.78 is 5.75. The molecular formula is C5H15Y2-. The van der Waals surface area contributed by atoms with Gasteiger partial charge in [0.05, 0.1) is 0 Å². The second-order valence-corrected chi connectivity index (χ2v) is 0. The molecule has 0 aromatic heterocycles. The Labute approximate surface area is 100 Å². The van der Waals surface area contributed by atoms with Crippen LogP contribution < -0.4 is 0 Å². The Morgan fingerprint density at radius 3 is 1.14 bits per heavy atom. The first-order valence-electron chi connectivity index (χ1n) is 2.71. The molecule has 0 bridgehead atoms. The molecule has 0 rings (SSSR count). The van der Waals surface area contributed by atoms with Crippen molar-refractivity contribution in [1.29, 1.82) is 0 Å². The maximum Gasteiger partial charge on any atom is 0.0194 e. The molecule has 0 aromatic rings. The predicted octanol–water partition coefficient (Wildman–Crippen LogP) is 2.50. The van der Waals surface area contributed by atoms with Gasteiger partial charge in [0.15, 0.2) is 0 Å². The van der Waals surface area contributed by atoms with Crippen molar-refractivity contribution in [2.24, 2.45) is 0 Å². The summed E-state index contributed by atoms with van der Waals surface area (Å²) in [6.07, 6.45) is 0. The van der Waals surface area contributed by atoms with E-state index in [1.165, 1.54) is 7.40 Å². The molecule has 0 aliphatic rings. The molecular weight excluding hydrogens is 238 g/mol. The zero-order valence-corrected chi connectivity index (χ0v) is 11.5. The van der Waals surface area contributed by atoms with Gasteiger partial charge in [-0.2, -0.15) is 6.92 Å². The molecule has 7 heavy (non-hydrogen) atoms. The van der Waals surface area contributed by atoms with E-state index in [-0.39, 0.29) is 65.4 Å². The smallest absolute Gasteiger partial charge is 0.0194 e.